The van der Waals surface area contributed by atoms with Crippen molar-refractivity contribution in [2.75, 3.05) is 0 Å². The van der Waals surface area contributed by atoms with Crippen molar-refractivity contribution in [3.05, 3.63) is 35.4 Å². The van der Waals surface area contributed by atoms with Crippen LogP contribution in [-0.4, -0.2) is 17.7 Å². The zero-order chi connectivity index (χ0) is 14.2. The maximum atomic E-state index is 13.1. The van der Waals surface area contributed by atoms with Crippen molar-refractivity contribution in [1.82, 2.24) is 5.32 Å². The van der Waals surface area contributed by atoms with E-state index in [4.69, 9.17) is 4.74 Å². The van der Waals surface area contributed by atoms with Gasteiger partial charge in [0.2, 0.25) is 0 Å². The van der Waals surface area contributed by atoms with Crippen molar-refractivity contribution in [2.24, 2.45) is 0 Å². The Hall–Kier alpha value is -1.65. The number of ether oxygens (including phenoxy) is 1. The monoisotopic (exact) mass is 269 g/mol. The second-order valence-electron chi connectivity index (χ2n) is 5.77. The van der Waals surface area contributed by atoms with E-state index >= 15 is 0 Å². The lowest BCUT2D eigenvalue weighted by Crippen LogP contribution is -2.34. The van der Waals surface area contributed by atoms with Crippen LogP contribution in [0, 0.1) is 11.6 Å². The molecule has 0 saturated heterocycles. The van der Waals surface area contributed by atoms with Crippen molar-refractivity contribution in [3.63, 3.8) is 0 Å². The van der Waals surface area contributed by atoms with Crippen LogP contribution in [0.3, 0.4) is 0 Å². The van der Waals surface area contributed by atoms with E-state index < -0.39 is 23.3 Å². The van der Waals surface area contributed by atoms with Gasteiger partial charge in [-0.05, 0) is 44.9 Å². The van der Waals surface area contributed by atoms with Gasteiger partial charge in [-0.15, -0.1) is 0 Å². The zero-order valence-corrected chi connectivity index (χ0v) is 11.2. The molecule has 0 radical (unpaired) electrons. The third-order valence-corrected chi connectivity index (χ3v) is 2.86. The maximum absolute atomic E-state index is 13.1. The number of hydrogen-bond donors (Lipinski definition) is 1. The van der Waals surface area contributed by atoms with Crippen molar-refractivity contribution in [1.29, 1.82) is 0 Å². The summed E-state index contributed by atoms with van der Waals surface area (Å²) in [5.74, 6) is -1.69. The number of hydrogen-bond acceptors (Lipinski definition) is 2. The fourth-order valence-electron chi connectivity index (χ4n) is 1.92. The Kier molecular flexibility index (Phi) is 3.47. The van der Waals surface area contributed by atoms with Crippen LogP contribution in [0.25, 0.3) is 0 Å². The van der Waals surface area contributed by atoms with Gasteiger partial charge in [0.1, 0.15) is 5.60 Å². The second-order valence-corrected chi connectivity index (χ2v) is 5.77. The van der Waals surface area contributed by atoms with Gasteiger partial charge in [-0.2, -0.15) is 0 Å². The lowest BCUT2D eigenvalue weighted by atomic mass is 10.1. The Morgan fingerprint density at radius 2 is 2.00 bits per heavy atom. The summed E-state index contributed by atoms with van der Waals surface area (Å²) in [7, 11) is 0. The average molecular weight is 269 g/mol. The largest absolute Gasteiger partial charge is 0.444 e. The van der Waals surface area contributed by atoms with Crippen LogP contribution >= 0.6 is 0 Å². The lowest BCUT2D eigenvalue weighted by Gasteiger charge is -2.19. The highest BCUT2D eigenvalue weighted by Crippen LogP contribution is 2.41. The van der Waals surface area contributed by atoms with Gasteiger partial charge in [0.25, 0.3) is 0 Å². The van der Waals surface area contributed by atoms with Crippen LogP contribution in [0.5, 0.6) is 0 Å². The van der Waals surface area contributed by atoms with Gasteiger partial charge < -0.3 is 10.1 Å². The normalized spacial score (nSPS) is 21.9. The van der Waals surface area contributed by atoms with Gasteiger partial charge in [0.15, 0.2) is 11.6 Å². The number of alkyl carbamates (subject to hydrolysis) is 1. The predicted molar refractivity (Wildman–Crippen MR) is 66.9 cm³/mol. The molecule has 1 aromatic rings. The zero-order valence-electron chi connectivity index (χ0n) is 11.2. The predicted octanol–water partition coefficient (Wildman–Crippen LogP) is 3.35. The first-order valence-electron chi connectivity index (χ1n) is 6.21. The Morgan fingerprint density at radius 1 is 1.32 bits per heavy atom. The summed E-state index contributed by atoms with van der Waals surface area (Å²) in [5, 5.41) is 2.72. The Morgan fingerprint density at radius 3 is 2.58 bits per heavy atom. The van der Waals surface area contributed by atoms with E-state index in [2.05, 4.69) is 5.32 Å². The van der Waals surface area contributed by atoms with E-state index in [0.29, 0.717) is 12.0 Å². The summed E-state index contributed by atoms with van der Waals surface area (Å²) < 4.78 is 31.0. The third-order valence-electron chi connectivity index (χ3n) is 2.86. The summed E-state index contributed by atoms with van der Waals surface area (Å²) in [4.78, 5) is 11.5. The molecule has 1 amide bonds. The van der Waals surface area contributed by atoms with Crippen LogP contribution in [0.15, 0.2) is 18.2 Å². The van der Waals surface area contributed by atoms with Crippen LogP contribution in [-0.2, 0) is 4.74 Å². The first kappa shape index (κ1) is 13.8. The van der Waals surface area contributed by atoms with E-state index in [1.54, 1.807) is 26.8 Å². The van der Waals surface area contributed by atoms with Gasteiger partial charge in [-0.1, -0.05) is 6.07 Å². The molecule has 0 aliphatic heterocycles. The number of carbonyl (C=O) groups is 1. The Labute approximate surface area is 111 Å². The fourth-order valence-corrected chi connectivity index (χ4v) is 1.92. The minimum absolute atomic E-state index is 0.0302. The quantitative estimate of drug-likeness (QED) is 0.894. The summed E-state index contributed by atoms with van der Waals surface area (Å²) >= 11 is 0. The molecule has 0 heterocycles. The van der Waals surface area contributed by atoms with Gasteiger partial charge in [0.05, 0.1) is 0 Å². The first-order chi connectivity index (χ1) is 8.76. The molecule has 1 aliphatic carbocycles. The fraction of sp³-hybridized carbons (Fsp3) is 0.500. The van der Waals surface area contributed by atoms with E-state index in [-0.39, 0.29) is 12.0 Å². The molecule has 0 spiro atoms. The molecule has 1 aromatic carbocycles. The van der Waals surface area contributed by atoms with E-state index in [0.717, 1.165) is 6.07 Å². The first-order valence-corrected chi connectivity index (χ1v) is 6.21. The number of rotatable bonds is 2. The highest BCUT2D eigenvalue weighted by Gasteiger charge is 2.40. The minimum atomic E-state index is -0.861. The summed E-state index contributed by atoms with van der Waals surface area (Å²) in [6.45, 7) is 5.35. The molecule has 0 bridgehead atoms. The molecule has 5 heteroatoms. The molecule has 1 N–H and O–H groups in total. The molecule has 104 valence electrons. The molecular formula is C14H17F2NO2. The average Bonchev–Trinajstić information content (AvgIpc) is 2.98. The van der Waals surface area contributed by atoms with Gasteiger partial charge in [-0.3, -0.25) is 0 Å². The van der Waals surface area contributed by atoms with E-state index in [9.17, 15) is 13.6 Å². The standard InChI is InChI=1S/C14H17F2NO2/c1-14(2,3)19-13(18)17-12-7-9(12)8-4-5-10(15)11(16)6-8/h4-6,9,12H,7H2,1-3H3,(H,17,18)/t9-,12+/m1/s1. The maximum Gasteiger partial charge on any atom is 0.407 e. The number of benzene rings is 1. The molecule has 19 heavy (non-hydrogen) atoms. The van der Waals surface area contributed by atoms with Crippen molar-refractivity contribution in [2.45, 2.75) is 44.8 Å². The molecule has 0 unspecified atom stereocenters. The number of nitrogens with one attached hydrogen (secondary N) is 1. The van der Waals surface area contributed by atoms with Crippen molar-refractivity contribution in [3.8, 4) is 0 Å². The van der Waals surface area contributed by atoms with Crippen LogP contribution in [0.1, 0.15) is 38.7 Å². The molecule has 0 aromatic heterocycles. The van der Waals surface area contributed by atoms with Crippen molar-refractivity contribution >= 4 is 6.09 Å². The molecule has 2 rings (SSSR count). The number of amides is 1. The van der Waals surface area contributed by atoms with E-state index in [1.807, 2.05) is 0 Å². The molecule has 1 saturated carbocycles. The molecule has 2 atom stereocenters. The van der Waals surface area contributed by atoms with E-state index in [1.165, 1.54) is 6.07 Å². The summed E-state index contributed by atoms with van der Waals surface area (Å²) in [5.41, 5.74) is 0.149. The van der Waals surface area contributed by atoms with Crippen LogP contribution in [0.4, 0.5) is 13.6 Å². The molecule has 1 aliphatic rings. The smallest absolute Gasteiger partial charge is 0.407 e. The second kappa shape index (κ2) is 4.79. The highest BCUT2D eigenvalue weighted by atomic mass is 19.2. The Balaban J connectivity index is 1.90. The number of halogens is 2. The van der Waals surface area contributed by atoms with Crippen molar-refractivity contribution < 1.29 is 18.3 Å². The highest BCUT2D eigenvalue weighted by molar-refractivity contribution is 5.69. The molecule has 1 fully saturated rings. The topological polar surface area (TPSA) is 38.3 Å². The third kappa shape index (κ3) is 3.66. The minimum Gasteiger partial charge on any atom is -0.444 e. The van der Waals surface area contributed by atoms with Gasteiger partial charge in [-0.25, -0.2) is 13.6 Å². The SMILES string of the molecule is CC(C)(C)OC(=O)N[C@H]1C[C@@H]1c1ccc(F)c(F)c1. The molecular weight excluding hydrogens is 252 g/mol. The van der Waals surface area contributed by atoms with Gasteiger partial charge in [0, 0.05) is 12.0 Å². The molecule has 3 nitrogen and oxygen atoms in total. The van der Waals surface area contributed by atoms with Crippen LogP contribution < -0.4 is 5.32 Å². The number of carbonyl (C=O) groups excluding carboxylic acids is 1. The summed E-state index contributed by atoms with van der Waals surface area (Å²) in [6.07, 6.45) is 0.229. The van der Waals surface area contributed by atoms with Crippen LogP contribution in [0.2, 0.25) is 0 Å². The lowest BCUT2D eigenvalue weighted by molar-refractivity contribution is 0.0523. The van der Waals surface area contributed by atoms with Gasteiger partial charge >= 0.3 is 6.09 Å². The Bertz CT molecular complexity index is 497. The summed E-state index contributed by atoms with van der Waals surface area (Å²) in [6, 6.07) is 3.75.